The Balaban J connectivity index is 1.87. The second kappa shape index (κ2) is 9.15. The van der Waals surface area contributed by atoms with Gasteiger partial charge in [0.25, 0.3) is 0 Å². The molecule has 3 aromatic rings. The van der Waals surface area contributed by atoms with Crippen LogP contribution in [0, 0.1) is 0 Å². The van der Waals surface area contributed by atoms with E-state index in [-0.39, 0.29) is 0 Å². The van der Waals surface area contributed by atoms with Crippen molar-refractivity contribution in [2.24, 2.45) is 0 Å². The fourth-order valence-corrected chi connectivity index (χ4v) is 2.53. The van der Waals surface area contributed by atoms with E-state index in [0.29, 0.717) is 37.3 Å². The van der Waals surface area contributed by atoms with Crippen molar-refractivity contribution in [2.75, 3.05) is 25.1 Å². The molecule has 7 heteroatoms. The number of fused-ring (bicyclic) bond motifs is 1. The molecule has 0 bridgehead atoms. The molecule has 2 aromatic heterocycles. The summed E-state index contributed by atoms with van der Waals surface area (Å²) in [5, 5.41) is 3.20. The molecule has 2 N–H and O–H groups in total. The molecule has 0 fully saturated rings. The lowest BCUT2D eigenvalue weighted by molar-refractivity contribution is 0.109. The number of benzene rings is 1. The van der Waals surface area contributed by atoms with E-state index < -0.39 is 0 Å². The summed E-state index contributed by atoms with van der Waals surface area (Å²) in [7, 11) is 0. The third-order valence-electron chi connectivity index (χ3n) is 3.83. The highest BCUT2D eigenvalue weighted by molar-refractivity contribution is 5.78. The molecule has 0 radical (unpaired) electrons. The van der Waals surface area contributed by atoms with Gasteiger partial charge in [-0.15, -0.1) is 0 Å². The van der Waals surface area contributed by atoms with Gasteiger partial charge in [-0.1, -0.05) is 31.5 Å². The number of para-hydroxylation sites is 1. The molecular formula is C19H25N5O2. The SMILES string of the molecule is CCCCc1nc2nc(Nc3ccccc3)nc(OCCOCC)c2[nH]1. The molecule has 0 amide bonds. The summed E-state index contributed by atoms with van der Waals surface area (Å²) >= 11 is 0. The van der Waals surface area contributed by atoms with Gasteiger partial charge in [0.15, 0.2) is 5.65 Å². The summed E-state index contributed by atoms with van der Waals surface area (Å²) in [6, 6.07) is 9.79. The van der Waals surface area contributed by atoms with E-state index in [1.165, 1.54) is 0 Å². The Bertz CT molecular complexity index is 819. The molecule has 0 spiro atoms. The molecule has 7 nitrogen and oxygen atoms in total. The van der Waals surface area contributed by atoms with Crippen molar-refractivity contribution in [1.82, 2.24) is 19.9 Å². The van der Waals surface area contributed by atoms with Gasteiger partial charge < -0.3 is 19.8 Å². The molecule has 2 heterocycles. The Hall–Kier alpha value is -2.67. The number of aryl methyl sites for hydroxylation is 1. The molecule has 0 aliphatic rings. The zero-order valence-corrected chi connectivity index (χ0v) is 15.3. The predicted octanol–water partition coefficient (Wildman–Crippen LogP) is 3.85. The molecule has 3 rings (SSSR count). The van der Waals surface area contributed by atoms with E-state index in [2.05, 4.69) is 32.2 Å². The Morgan fingerprint density at radius 3 is 2.65 bits per heavy atom. The predicted molar refractivity (Wildman–Crippen MR) is 102 cm³/mol. The van der Waals surface area contributed by atoms with Crippen LogP contribution in [0.15, 0.2) is 30.3 Å². The third-order valence-corrected chi connectivity index (χ3v) is 3.83. The van der Waals surface area contributed by atoms with Gasteiger partial charge in [-0.3, -0.25) is 0 Å². The average Bonchev–Trinajstić information content (AvgIpc) is 3.07. The Kier molecular flexibility index (Phi) is 6.38. The van der Waals surface area contributed by atoms with Gasteiger partial charge in [0, 0.05) is 18.7 Å². The standard InChI is InChI=1S/C19H25N5O2/c1-3-5-11-15-21-16-17(22-15)23-19(20-14-9-7-6-8-10-14)24-18(16)26-13-12-25-4-2/h6-10H,3-5,11-13H2,1-2H3,(H2,20,21,22,23,24). The molecule has 0 aliphatic carbocycles. The van der Waals surface area contributed by atoms with Gasteiger partial charge in [0.05, 0.1) is 6.61 Å². The van der Waals surface area contributed by atoms with Gasteiger partial charge in [0.1, 0.15) is 17.9 Å². The number of H-pyrrole nitrogens is 1. The van der Waals surface area contributed by atoms with Crippen LogP contribution in [-0.4, -0.2) is 39.8 Å². The molecule has 0 aliphatic heterocycles. The van der Waals surface area contributed by atoms with Crippen molar-refractivity contribution in [3.8, 4) is 5.88 Å². The van der Waals surface area contributed by atoms with Crippen LogP contribution in [0.5, 0.6) is 5.88 Å². The normalized spacial score (nSPS) is 11.0. The van der Waals surface area contributed by atoms with Crippen LogP contribution in [0.1, 0.15) is 32.5 Å². The first-order valence-corrected chi connectivity index (χ1v) is 9.09. The summed E-state index contributed by atoms with van der Waals surface area (Å²) in [4.78, 5) is 16.9. The highest BCUT2D eigenvalue weighted by Gasteiger charge is 2.14. The number of hydrogen-bond donors (Lipinski definition) is 2. The Morgan fingerprint density at radius 1 is 1.04 bits per heavy atom. The molecule has 138 valence electrons. The highest BCUT2D eigenvalue weighted by atomic mass is 16.5. The first kappa shape index (κ1) is 18.1. The van der Waals surface area contributed by atoms with Crippen molar-refractivity contribution in [3.63, 3.8) is 0 Å². The van der Waals surface area contributed by atoms with Gasteiger partial charge in [0.2, 0.25) is 11.8 Å². The molecule has 0 saturated heterocycles. The van der Waals surface area contributed by atoms with Gasteiger partial charge in [-0.2, -0.15) is 9.97 Å². The van der Waals surface area contributed by atoms with Crippen molar-refractivity contribution >= 4 is 22.8 Å². The van der Waals surface area contributed by atoms with Crippen molar-refractivity contribution in [3.05, 3.63) is 36.2 Å². The summed E-state index contributed by atoms with van der Waals surface area (Å²) < 4.78 is 11.2. The Morgan fingerprint density at radius 2 is 1.88 bits per heavy atom. The highest BCUT2D eigenvalue weighted by Crippen LogP contribution is 2.24. The molecule has 0 saturated carbocycles. The van der Waals surface area contributed by atoms with Gasteiger partial charge in [-0.25, -0.2) is 4.98 Å². The molecular weight excluding hydrogens is 330 g/mol. The maximum absolute atomic E-state index is 5.83. The number of unbranched alkanes of at least 4 members (excludes halogenated alkanes) is 1. The number of hydrogen-bond acceptors (Lipinski definition) is 6. The fourth-order valence-electron chi connectivity index (χ4n) is 2.53. The second-order valence-electron chi connectivity index (χ2n) is 5.87. The summed E-state index contributed by atoms with van der Waals surface area (Å²) in [6.45, 7) is 5.72. The van der Waals surface area contributed by atoms with Crippen LogP contribution in [-0.2, 0) is 11.2 Å². The van der Waals surface area contributed by atoms with Crippen molar-refractivity contribution in [1.29, 1.82) is 0 Å². The number of ether oxygens (including phenoxy) is 2. The summed E-state index contributed by atoms with van der Waals surface area (Å²) in [6.07, 6.45) is 3.07. The largest absolute Gasteiger partial charge is 0.474 e. The first-order valence-electron chi connectivity index (χ1n) is 9.09. The number of aromatic nitrogens is 4. The number of nitrogens with zero attached hydrogens (tertiary/aromatic N) is 3. The van der Waals surface area contributed by atoms with Crippen molar-refractivity contribution < 1.29 is 9.47 Å². The second-order valence-corrected chi connectivity index (χ2v) is 5.87. The van der Waals surface area contributed by atoms with Crippen LogP contribution >= 0.6 is 0 Å². The van der Waals surface area contributed by atoms with Gasteiger partial charge in [-0.05, 0) is 25.5 Å². The summed E-state index contributed by atoms with van der Waals surface area (Å²) in [5.74, 6) is 1.86. The number of imidazole rings is 1. The lowest BCUT2D eigenvalue weighted by atomic mass is 10.2. The van der Waals surface area contributed by atoms with Crippen LogP contribution in [0.25, 0.3) is 11.2 Å². The minimum absolute atomic E-state index is 0.425. The lowest BCUT2D eigenvalue weighted by Crippen LogP contribution is -2.09. The smallest absolute Gasteiger partial charge is 0.245 e. The summed E-state index contributed by atoms with van der Waals surface area (Å²) in [5.41, 5.74) is 2.25. The monoisotopic (exact) mass is 355 g/mol. The average molecular weight is 355 g/mol. The number of anilines is 2. The van der Waals surface area contributed by atoms with E-state index in [4.69, 9.17) is 9.47 Å². The maximum atomic E-state index is 5.83. The zero-order valence-electron chi connectivity index (χ0n) is 15.3. The molecule has 0 atom stereocenters. The maximum Gasteiger partial charge on any atom is 0.245 e. The van der Waals surface area contributed by atoms with Crippen LogP contribution in [0.3, 0.4) is 0 Å². The van der Waals surface area contributed by atoms with Crippen molar-refractivity contribution in [2.45, 2.75) is 33.1 Å². The van der Waals surface area contributed by atoms with Gasteiger partial charge >= 0.3 is 0 Å². The number of rotatable bonds is 10. The van der Waals surface area contributed by atoms with Crippen LogP contribution in [0.2, 0.25) is 0 Å². The molecule has 26 heavy (non-hydrogen) atoms. The van der Waals surface area contributed by atoms with E-state index in [0.717, 1.165) is 36.3 Å². The number of aromatic amines is 1. The van der Waals surface area contributed by atoms with E-state index in [1.807, 2.05) is 37.3 Å². The first-order chi connectivity index (χ1) is 12.8. The van der Waals surface area contributed by atoms with E-state index >= 15 is 0 Å². The molecule has 0 unspecified atom stereocenters. The van der Waals surface area contributed by atoms with E-state index in [1.54, 1.807) is 0 Å². The minimum atomic E-state index is 0.425. The van der Waals surface area contributed by atoms with E-state index in [9.17, 15) is 0 Å². The van der Waals surface area contributed by atoms with Crippen LogP contribution in [0.4, 0.5) is 11.6 Å². The Labute approximate surface area is 153 Å². The number of nitrogens with one attached hydrogen (secondary N) is 2. The fraction of sp³-hybridized carbons (Fsp3) is 0.421. The van der Waals surface area contributed by atoms with Crippen LogP contribution < -0.4 is 10.1 Å². The topological polar surface area (TPSA) is 85.0 Å². The quantitative estimate of drug-likeness (QED) is 0.537. The minimum Gasteiger partial charge on any atom is -0.474 e. The lowest BCUT2D eigenvalue weighted by Gasteiger charge is -2.09. The third kappa shape index (κ3) is 4.70. The zero-order chi connectivity index (χ0) is 18.2. The molecule has 1 aromatic carbocycles.